The Labute approximate surface area is 261 Å². The molecule has 42 heavy (non-hydrogen) atoms. The molecule has 2 heteroatoms. The fourth-order valence-electron chi connectivity index (χ4n) is 13.0. The summed E-state index contributed by atoms with van der Waals surface area (Å²) in [5, 5.41) is 9.94. The number of hydrogen-bond acceptors (Lipinski definition) is 2. The largest absolute Gasteiger partial charge is 0.163 e. The zero-order chi connectivity index (χ0) is 30.0. The third-order valence-electron chi connectivity index (χ3n) is 16.8. The first-order chi connectivity index (χ1) is 19.8. The van der Waals surface area contributed by atoms with Crippen LogP contribution in [0.5, 0.6) is 0 Å². The minimum Gasteiger partial charge on any atom is -0.163 e. The highest BCUT2D eigenvalue weighted by atomic mass is 15.2. The molecule has 0 spiro atoms. The summed E-state index contributed by atoms with van der Waals surface area (Å²) in [6.45, 7) is 20.5. The molecule has 0 aromatic heterocycles. The van der Waals surface area contributed by atoms with E-state index in [4.69, 9.17) is 10.2 Å². The van der Waals surface area contributed by atoms with E-state index in [-0.39, 0.29) is 10.8 Å². The molecule has 6 saturated carbocycles. The lowest BCUT2D eigenvalue weighted by Gasteiger charge is -2.61. The van der Waals surface area contributed by atoms with Crippen molar-refractivity contribution in [2.24, 2.45) is 78.2 Å². The normalized spacial score (nSPS) is 54.7. The fraction of sp³-hybridized carbons (Fsp3) is 0.950. The third-order valence-corrected chi connectivity index (χ3v) is 16.8. The van der Waals surface area contributed by atoms with Crippen molar-refractivity contribution in [3.8, 4) is 0 Å². The fourth-order valence-corrected chi connectivity index (χ4v) is 13.0. The molecule has 0 radical (unpaired) electrons. The van der Waals surface area contributed by atoms with Crippen molar-refractivity contribution in [1.82, 2.24) is 0 Å². The highest BCUT2D eigenvalue weighted by molar-refractivity contribution is 5.70. The van der Waals surface area contributed by atoms with Gasteiger partial charge >= 0.3 is 0 Å². The van der Waals surface area contributed by atoms with E-state index in [2.05, 4.69) is 67.8 Å². The van der Waals surface area contributed by atoms with Crippen LogP contribution in [0.1, 0.15) is 171 Å². The standard InChI is InChI=1S/C40H68N2/c1-9-35(3)21-23-39(7)29(25-35)15-17-31-33(39)13-11-19-37(31,5)27-41-42-28-38(6)20-12-14-34-32(38)18-16-30-26-36(4,10-2)22-24-40(30,34)8/h27-34H,9-26H2,1-8H3. The number of hydrogen-bond donors (Lipinski definition) is 0. The summed E-state index contributed by atoms with van der Waals surface area (Å²) in [5.41, 5.74) is 2.70. The molecule has 238 valence electrons. The van der Waals surface area contributed by atoms with E-state index in [1.807, 2.05) is 0 Å². The molecule has 0 aliphatic heterocycles. The van der Waals surface area contributed by atoms with Gasteiger partial charge in [0, 0.05) is 23.3 Å². The predicted octanol–water partition coefficient (Wildman–Crippen LogP) is 11.9. The van der Waals surface area contributed by atoms with Crippen LogP contribution in [-0.2, 0) is 0 Å². The molecule has 0 amide bonds. The molecule has 0 aromatic rings. The van der Waals surface area contributed by atoms with Gasteiger partial charge in [0.1, 0.15) is 0 Å². The van der Waals surface area contributed by atoms with Crippen molar-refractivity contribution >= 4 is 12.4 Å². The van der Waals surface area contributed by atoms with Crippen LogP contribution in [0.3, 0.4) is 0 Å². The van der Waals surface area contributed by atoms with Gasteiger partial charge in [-0.05, 0) is 147 Å². The van der Waals surface area contributed by atoms with Crippen molar-refractivity contribution in [1.29, 1.82) is 0 Å². The van der Waals surface area contributed by atoms with Crippen LogP contribution in [0, 0.1) is 68.0 Å². The summed E-state index contributed by atoms with van der Waals surface area (Å²) in [6.07, 6.45) is 30.1. The molecule has 0 heterocycles. The molecular weight excluding hydrogens is 508 g/mol. The lowest BCUT2D eigenvalue weighted by atomic mass is 9.43. The highest BCUT2D eigenvalue weighted by Gasteiger charge is 2.58. The molecule has 6 rings (SSSR count). The van der Waals surface area contributed by atoms with Gasteiger partial charge < -0.3 is 0 Å². The van der Waals surface area contributed by atoms with Crippen LogP contribution >= 0.6 is 0 Å². The van der Waals surface area contributed by atoms with Crippen molar-refractivity contribution in [2.45, 2.75) is 171 Å². The Balaban J connectivity index is 1.15. The van der Waals surface area contributed by atoms with E-state index in [1.54, 1.807) is 0 Å². The van der Waals surface area contributed by atoms with Crippen molar-refractivity contribution in [3.05, 3.63) is 0 Å². The summed E-state index contributed by atoms with van der Waals surface area (Å²) in [7, 11) is 0. The van der Waals surface area contributed by atoms with Crippen molar-refractivity contribution in [2.75, 3.05) is 0 Å². The van der Waals surface area contributed by atoms with Crippen LogP contribution in [0.4, 0.5) is 0 Å². The zero-order valence-corrected chi connectivity index (χ0v) is 29.2. The number of rotatable bonds is 5. The lowest BCUT2D eigenvalue weighted by Crippen LogP contribution is -2.54. The summed E-state index contributed by atoms with van der Waals surface area (Å²) in [6, 6.07) is 0. The van der Waals surface area contributed by atoms with Crippen LogP contribution in [0.2, 0.25) is 0 Å². The van der Waals surface area contributed by atoms with Gasteiger partial charge in [0.15, 0.2) is 0 Å². The van der Waals surface area contributed by atoms with E-state index in [9.17, 15) is 0 Å². The molecule has 0 aromatic carbocycles. The van der Waals surface area contributed by atoms with E-state index in [0.717, 1.165) is 35.5 Å². The van der Waals surface area contributed by atoms with Gasteiger partial charge in [-0.1, -0.05) is 81.1 Å². The first kappa shape index (κ1) is 31.3. The van der Waals surface area contributed by atoms with Gasteiger partial charge in [0.25, 0.3) is 0 Å². The second kappa shape index (κ2) is 11.0. The molecule has 12 unspecified atom stereocenters. The minimum atomic E-state index is 0.218. The van der Waals surface area contributed by atoms with Gasteiger partial charge in [-0.2, -0.15) is 10.2 Å². The van der Waals surface area contributed by atoms with Crippen LogP contribution < -0.4 is 0 Å². The Hall–Kier alpha value is -0.660. The highest BCUT2D eigenvalue weighted by Crippen LogP contribution is 2.66. The molecule has 0 saturated heterocycles. The average Bonchev–Trinajstić information content (AvgIpc) is 2.97. The maximum absolute atomic E-state index is 4.97. The van der Waals surface area contributed by atoms with Gasteiger partial charge in [-0.25, -0.2) is 0 Å². The molecule has 6 aliphatic carbocycles. The van der Waals surface area contributed by atoms with Crippen LogP contribution in [0.25, 0.3) is 0 Å². The molecule has 2 nitrogen and oxygen atoms in total. The summed E-state index contributed by atoms with van der Waals surface area (Å²) >= 11 is 0. The Kier molecular flexibility index (Phi) is 8.20. The maximum atomic E-state index is 4.97. The van der Waals surface area contributed by atoms with Crippen LogP contribution in [-0.4, -0.2) is 12.4 Å². The Morgan fingerprint density at radius 2 is 0.905 bits per heavy atom. The smallest absolute Gasteiger partial charge is 0.0332 e. The molecule has 12 atom stereocenters. The molecule has 0 bridgehead atoms. The van der Waals surface area contributed by atoms with E-state index < -0.39 is 0 Å². The molecule has 6 fully saturated rings. The van der Waals surface area contributed by atoms with Gasteiger partial charge in [-0.15, -0.1) is 0 Å². The Morgan fingerprint density at radius 1 is 0.500 bits per heavy atom. The summed E-state index contributed by atoms with van der Waals surface area (Å²) in [4.78, 5) is 0. The van der Waals surface area contributed by atoms with Gasteiger partial charge in [0.05, 0.1) is 0 Å². The molecular formula is C40H68N2. The van der Waals surface area contributed by atoms with Crippen molar-refractivity contribution < 1.29 is 0 Å². The zero-order valence-electron chi connectivity index (χ0n) is 29.2. The second-order valence-corrected chi connectivity index (χ2v) is 19.0. The van der Waals surface area contributed by atoms with Gasteiger partial charge in [-0.3, -0.25) is 0 Å². The number of fused-ring (bicyclic) bond motifs is 6. The SMILES string of the molecule is CCC1(C)CCC2(C)C(CCC3C2CCCC3(C)C=NN=CC2(C)CCCC3C2CCC2CC(C)(CC)CCC23C)C1. The van der Waals surface area contributed by atoms with Crippen molar-refractivity contribution in [3.63, 3.8) is 0 Å². The molecule has 0 N–H and O–H groups in total. The quantitative estimate of drug-likeness (QED) is 0.230. The van der Waals surface area contributed by atoms with E-state index in [0.29, 0.717) is 21.7 Å². The van der Waals surface area contributed by atoms with Gasteiger partial charge in [0.2, 0.25) is 0 Å². The van der Waals surface area contributed by atoms with E-state index in [1.165, 1.54) is 116 Å². The topological polar surface area (TPSA) is 24.7 Å². The monoisotopic (exact) mass is 577 g/mol. The lowest BCUT2D eigenvalue weighted by molar-refractivity contribution is -0.109. The van der Waals surface area contributed by atoms with E-state index >= 15 is 0 Å². The second-order valence-electron chi connectivity index (χ2n) is 19.0. The summed E-state index contributed by atoms with van der Waals surface area (Å²) in [5.74, 6) is 5.22. The first-order valence-electron chi connectivity index (χ1n) is 18.9. The first-order valence-corrected chi connectivity index (χ1v) is 18.9. The Bertz CT molecular complexity index is 964. The van der Waals surface area contributed by atoms with Crippen LogP contribution in [0.15, 0.2) is 10.2 Å². The maximum Gasteiger partial charge on any atom is 0.0332 e. The minimum absolute atomic E-state index is 0.218. The predicted molar refractivity (Wildman–Crippen MR) is 181 cm³/mol. The average molecular weight is 577 g/mol. The Morgan fingerprint density at radius 3 is 1.29 bits per heavy atom. The molecule has 6 aliphatic rings. The third kappa shape index (κ3) is 5.11. The summed E-state index contributed by atoms with van der Waals surface area (Å²) < 4.78 is 0. The number of nitrogens with zero attached hydrogens (tertiary/aromatic N) is 2.